The van der Waals surface area contributed by atoms with E-state index in [0.717, 1.165) is 13.1 Å². The summed E-state index contributed by atoms with van der Waals surface area (Å²) < 4.78 is 38.4. The van der Waals surface area contributed by atoms with Gasteiger partial charge >= 0.3 is 0 Å². The van der Waals surface area contributed by atoms with E-state index in [2.05, 4.69) is 4.90 Å². The van der Waals surface area contributed by atoms with Gasteiger partial charge in [-0.3, -0.25) is 9.69 Å². The average molecular weight is 383 g/mol. The lowest BCUT2D eigenvalue weighted by molar-refractivity contribution is -0.138. The van der Waals surface area contributed by atoms with Crippen molar-refractivity contribution in [1.29, 1.82) is 0 Å². The van der Waals surface area contributed by atoms with Gasteiger partial charge in [0, 0.05) is 57.3 Å². The van der Waals surface area contributed by atoms with Crippen LogP contribution in [0.3, 0.4) is 0 Å². The maximum absolute atomic E-state index is 13.8. The number of carbonyl (C=O) groups is 1. The molecule has 0 aliphatic carbocycles. The fourth-order valence-electron chi connectivity index (χ4n) is 3.69. The maximum atomic E-state index is 13.8. The van der Waals surface area contributed by atoms with Crippen LogP contribution in [0.25, 0.3) is 0 Å². The molecule has 3 rings (SSSR count). The number of nitrogens with zero attached hydrogens (tertiary/aromatic N) is 3. The van der Waals surface area contributed by atoms with Gasteiger partial charge in [-0.05, 0) is 18.9 Å². The third-order valence-corrected chi connectivity index (χ3v) is 6.61. The highest BCUT2D eigenvalue weighted by Crippen LogP contribution is 2.22. The van der Waals surface area contributed by atoms with E-state index in [9.17, 15) is 17.6 Å². The first-order chi connectivity index (χ1) is 12.3. The number of hydrogen-bond donors (Lipinski definition) is 0. The average Bonchev–Trinajstić information content (AvgIpc) is 2.63. The Bertz CT molecular complexity index is 740. The molecule has 1 aromatic rings. The van der Waals surface area contributed by atoms with Gasteiger partial charge in [-0.25, -0.2) is 17.1 Å². The van der Waals surface area contributed by atoms with Crippen molar-refractivity contribution >= 4 is 15.9 Å². The number of amides is 1. The van der Waals surface area contributed by atoms with Gasteiger partial charge in [-0.15, -0.1) is 0 Å². The molecule has 2 aliphatic heterocycles. The molecule has 0 N–H and O–H groups in total. The van der Waals surface area contributed by atoms with Gasteiger partial charge in [0.05, 0.1) is 6.26 Å². The highest BCUT2D eigenvalue weighted by atomic mass is 32.2. The highest BCUT2D eigenvalue weighted by Gasteiger charge is 2.32. The summed E-state index contributed by atoms with van der Waals surface area (Å²) in [5.41, 5.74) is 0.681. The van der Waals surface area contributed by atoms with Crippen molar-refractivity contribution in [1.82, 2.24) is 14.1 Å². The lowest BCUT2D eigenvalue weighted by Gasteiger charge is -2.38. The fraction of sp³-hybridized carbons (Fsp3) is 0.611. The predicted molar refractivity (Wildman–Crippen MR) is 97.4 cm³/mol. The zero-order chi connectivity index (χ0) is 18.7. The second-order valence-electron chi connectivity index (χ2n) is 7.13. The molecule has 0 saturated carbocycles. The Balaban J connectivity index is 1.48. The molecule has 2 fully saturated rings. The van der Waals surface area contributed by atoms with Crippen LogP contribution >= 0.6 is 0 Å². The molecule has 0 radical (unpaired) electrons. The van der Waals surface area contributed by atoms with Gasteiger partial charge in [0.25, 0.3) is 0 Å². The number of halogens is 1. The maximum Gasteiger partial charge on any atom is 0.225 e. The number of hydrogen-bond acceptors (Lipinski definition) is 4. The zero-order valence-corrected chi connectivity index (χ0v) is 15.9. The number of carbonyl (C=O) groups excluding carboxylic acids is 1. The zero-order valence-electron chi connectivity index (χ0n) is 15.1. The molecular weight excluding hydrogens is 357 g/mol. The van der Waals surface area contributed by atoms with E-state index in [1.165, 1.54) is 16.6 Å². The van der Waals surface area contributed by atoms with Crippen LogP contribution in [0.5, 0.6) is 0 Å². The molecule has 0 unspecified atom stereocenters. The largest absolute Gasteiger partial charge is 0.340 e. The predicted octanol–water partition coefficient (Wildman–Crippen LogP) is 1.14. The summed E-state index contributed by atoms with van der Waals surface area (Å²) in [5.74, 6) is -0.154. The van der Waals surface area contributed by atoms with Crippen molar-refractivity contribution in [3.05, 3.63) is 35.6 Å². The van der Waals surface area contributed by atoms with Crippen molar-refractivity contribution in [3.8, 4) is 0 Å². The summed E-state index contributed by atoms with van der Waals surface area (Å²) in [6, 6.07) is 6.78. The van der Waals surface area contributed by atoms with Crippen molar-refractivity contribution in [3.63, 3.8) is 0 Å². The van der Waals surface area contributed by atoms with Crippen LogP contribution in [-0.4, -0.2) is 74.0 Å². The topological polar surface area (TPSA) is 60.9 Å². The molecule has 144 valence electrons. The first kappa shape index (κ1) is 19.3. The summed E-state index contributed by atoms with van der Waals surface area (Å²) in [4.78, 5) is 16.7. The Labute approximate surface area is 154 Å². The molecular formula is C18H26FN3O3S. The van der Waals surface area contributed by atoms with E-state index in [-0.39, 0.29) is 17.6 Å². The SMILES string of the molecule is CS(=O)(=O)N1CCC(C(=O)N2CCN(Cc3ccccc3F)CC2)CC1. The summed E-state index contributed by atoms with van der Waals surface area (Å²) in [6.07, 6.45) is 2.38. The Morgan fingerprint density at radius 3 is 2.27 bits per heavy atom. The molecule has 26 heavy (non-hydrogen) atoms. The molecule has 6 nitrogen and oxygen atoms in total. The van der Waals surface area contributed by atoms with E-state index in [4.69, 9.17) is 0 Å². The fourth-order valence-corrected chi connectivity index (χ4v) is 4.56. The van der Waals surface area contributed by atoms with Crippen LogP contribution in [0, 0.1) is 11.7 Å². The van der Waals surface area contributed by atoms with Crippen LogP contribution in [0.15, 0.2) is 24.3 Å². The monoisotopic (exact) mass is 383 g/mol. The standard InChI is InChI=1S/C18H26FN3O3S/c1-26(24,25)22-8-6-15(7-9-22)18(23)21-12-10-20(11-13-21)14-16-4-2-3-5-17(16)19/h2-5,15H,6-14H2,1H3. The molecule has 1 amide bonds. The second-order valence-corrected chi connectivity index (χ2v) is 9.11. The van der Waals surface area contributed by atoms with Crippen molar-refractivity contribution in [2.45, 2.75) is 19.4 Å². The lowest BCUT2D eigenvalue weighted by Crippen LogP contribution is -2.51. The smallest absolute Gasteiger partial charge is 0.225 e. The molecule has 8 heteroatoms. The van der Waals surface area contributed by atoms with Gasteiger partial charge in [0.1, 0.15) is 5.82 Å². The normalized spacial score (nSPS) is 21.1. The summed E-state index contributed by atoms with van der Waals surface area (Å²) in [5, 5.41) is 0. The first-order valence-corrected chi connectivity index (χ1v) is 10.9. The van der Waals surface area contributed by atoms with Crippen molar-refractivity contribution < 1.29 is 17.6 Å². The Hall–Kier alpha value is -1.51. The highest BCUT2D eigenvalue weighted by molar-refractivity contribution is 7.88. The van der Waals surface area contributed by atoms with E-state index >= 15 is 0 Å². The van der Waals surface area contributed by atoms with Crippen LogP contribution in [-0.2, 0) is 21.4 Å². The number of sulfonamides is 1. The summed E-state index contributed by atoms with van der Waals surface area (Å²) in [7, 11) is -3.17. The van der Waals surface area contributed by atoms with Gasteiger partial charge in [0.15, 0.2) is 0 Å². The molecule has 2 saturated heterocycles. The number of piperidine rings is 1. The molecule has 2 heterocycles. The minimum absolute atomic E-state index is 0.0916. The second kappa shape index (κ2) is 8.02. The summed E-state index contributed by atoms with van der Waals surface area (Å²) in [6.45, 7) is 4.12. The van der Waals surface area contributed by atoms with E-state index in [0.29, 0.717) is 51.1 Å². The first-order valence-electron chi connectivity index (χ1n) is 9.04. The Morgan fingerprint density at radius 2 is 1.69 bits per heavy atom. The van der Waals surface area contributed by atoms with Crippen LogP contribution in [0.4, 0.5) is 4.39 Å². The van der Waals surface area contributed by atoms with Gasteiger partial charge in [-0.2, -0.15) is 0 Å². The van der Waals surface area contributed by atoms with Gasteiger partial charge < -0.3 is 4.90 Å². The molecule has 1 aromatic carbocycles. The van der Waals surface area contributed by atoms with Gasteiger partial charge in [-0.1, -0.05) is 18.2 Å². The van der Waals surface area contributed by atoms with Crippen LogP contribution in [0.1, 0.15) is 18.4 Å². The third kappa shape index (κ3) is 4.61. The van der Waals surface area contributed by atoms with E-state index in [1.54, 1.807) is 12.1 Å². The Morgan fingerprint density at radius 1 is 1.08 bits per heavy atom. The van der Waals surface area contributed by atoms with E-state index < -0.39 is 10.0 Å². The lowest BCUT2D eigenvalue weighted by atomic mass is 9.96. The number of piperazine rings is 1. The summed E-state index contributed by atoms with van der Waals surface area (Å²) >= 11 is 0. The quantitative estimate of drug-likeness (QED) is 0.782. The van der Waals surface area contributed by atoms with Crippen LogP contribution < -0.4 is 0 Å². The van der Waals surface area contributed by atoms with Crippen molar-refractivity contribution in [2.24, 2.45) is 5.92 Å². The number of benzene rings is 1. The minimum atomic E-state index is -3.17. The van der Waals surface area contributed by atoms with Gasteiger partial charge in [0.2, 0.25) is 15.9 Å². The molecule has 0 atom stereocenters. The number of rotatable bonds is 4. The molecule has 0 bridgehead atoms. The molecule has 2 aliphatic rings. The minimum Gasteiger partial charge on any atom is -0.340 e. The van der Waals surface area contributed by atoms with Crippen molar-refractivity contribution in [2.75, 3.05) is 45.5 Å². The molecule has 0 aromatic heterocycles. The van der Waals surface area contributed by atoms with Crippen LogP contribution in [0.2, 0.25) is 0 Å². The van der Waals surface area contributed by atoms with E-state index in [1.807, 2.05) is 11.0 Å². The Kier molecular flexibility index (Phi) is 5.94. The molecule has 0 spiro atoms. The third-order valence-electron chi connectivity index (χ3n) is 5.31.